The minimum absolute atomic E-state index is 0.0801. The van der Waals surface area contributed by atoms with Crippen molar-refractivity contribution in [1.82, 2.24) is 25.5 Å². The number of ether oxygens (including phenoxy) is 2. The highest BCUT2D eigenvalue weighted by Crippen LogP contribution is 2.18. The molecule has 3 rings (SSSR count). The number of nitrogens with zero attached hydrogens (tertiary/aromatic N) is 5. The fraction of sp³-hybridized carbons (Fsp3) is 0.375. The normalized spacial score (nSPS) is 12.8. The summed E-state index contributed by atoms with van der Waals surface area (Å²) in [6.45, 7) is 3.83. The third-order valence-electron chi connectivity index (χ3n) is 3.31. The molecule has 142 valence electrons. The lowest BCUT2D eigenvalue weighted by molar-refractivity contribution is 0.0594. The first-order valence-corrected chi connectivity index (χ1v) is 8.09. The summed E-state index contributed by atoms with van der Waals surface area (Å²) in [5, 5.41) is 25.2. The maximum absolute atomic E-state index is 11.5. The fourth-order valence-corrected chi connectivity index (χ4v) is 1.99. The van der Waals surface area contributed by atoms with E-state index >= 15 is 0 Å². The van der Waals surface area contributed by atoms with Crippen molar-refractivity contribution in [2.24, 2.45) is 0 Å². The summed E-state index contributed by atoms with van der Waals surface area (Å²) in [5.74, 6) is 0.179. The Morgan fingerprint density at radius 2 is 2.04 bits per heavy atom. The van der Waals surface area contributed by atoms with Crippen LogP contribution < -0.4 is 16.0 Å². The third kappa shape index (κ3) is 6.14. The van der Waals surface area contributed by atoms with Gasteiger partial charge in [0.25, 0.3) is 0 Å². The van der Waals surface area contributed by atoms with Crippen molar-refractivity contribution in [1.29, 1.82) is 5.26 Å². The number of methoxy groups -OCH3 is 1. The number of morpholine rings is 1. The van der Waals surface area contributed by atoms with E-state index in [-0.39, 0.29) is 11.4 Å². The molecular formula is C16H20N8O3. The Balaban J connectivity index is 0.000000369. The van der Waals surface area contributed by atoms with Gasteiger partial charge in [0.15, 0.2) is 17.2 Å². The number of rotatable bonds is 4. The summed E-state index contributed by atoms with van der Waals surface area (Å²) in [4.78, 5) is 19.4. The van der Waals surface area contributed by atoms with Crippen molar-refractivity contribution in [3.05, 3.63) is 29.8 Å². The minimum atomic E-state index is -0.587. The number of carbonyl (C=O) groups excluding carboxylic acids is 1. The molecule has 0 aliphatic carbocycles. The summed E-state index contributed by atoms with van der Waals surface area (Å²) in [7, 11) is 2.91. The molecule has 0 unspecified atom stereocenters. The Morgan fingerprint density at radius 3 is 2.52 bits per heavy atom. The van der Waals surface area contributed by atoms with E-state index < -0.39 is 5.97 Å². The van der Waals surface area contributed by atoms with Gasteiger partial charge in [-0.15, -0.1) is 10.2 Å². The maximum Gasteiger partial charge on any atom is 0.360 e. The van der Waals surface area contributed by atoms with Crippen LogP contribution in [0.25, 0.3) is 0 Å². The lowest BCUT2D eigenvalue weighted by Gasteiger charge is -2.10. The zero-order valence-corrected chi connectivity index (χ0v) is 15.0. The average Bonchev–Trinajstić information content (AvgIpc) is 2.75. The summed E-state index contributed by atoms with van der Waals surface area (Å²) < 4.78 is 9.61. The molecule has 2 aromatic rings. The van der Waals surface area contributed by atoms with Crippen LogP contribution in [0.2, 0.25) is 0 Å². The number of nitriles is 1. The monoisotopic (exact) mass is 372 g/mol. The number of anilines is 3. The fourth-order valence-electron chi connectivity index (χ4n) is 1.99. The molecule has 3 N–H and O–H groups in total. The van der Waals surface area contributed by atoms with Crippen LogP contribution in [0.15, 0.2) is 18.5 Å². The number of aromatic nitrogens is 4. The van der Waals surface area contributed by atoms with Gasteiger partial charge in [-0.05, 0) is 0 Å². The van der Waals surface area contributed by atoms with Crippen LogP contribution >= 0.6 is 0 Å². The van der Waals surface area contributed by atoms with Crippen LogP contribution in [0.4, 0.5) is 17.3 Å². The van der Waals surface area contributed by atoms with Crippen LogP contribution in [0.5, 0.6) is 0 Å². The molecule has 0 amide bonds. The molecule has 1 fully saturated rings. The lowest BCUT2D eigenvalue weighted by Crippen LogP contribution is -2.30. The van der Waals surface area contributed by atoms with Gasteiger partial charge in [0.05, 0.1) is 38.4 Å². The predicted molar refractivity (Wildman–Crippen MR) is 96.6 cm³/mol. The van der Waals surface area contributed by atoms with Crippen LogP contribution in [-0.4, -0.2) is 66.6 Å². The first kappa shape index (κ1) is 20.0. The number of hydrogen-bond donors (Lipinski definition) is 3. The molecule has 0 radical (unpaired) electrons. The molecule has 0 bridgehead atoms. The Kier molecular flexibility index (Phi) is 7.83. The smallest absolute Gasteiger partial charge is 0.360 e. The first-order chi connectivity index (χ1) is 13.2. The van der Waals surface area contributed by atoms with E-state index in [4.69, 9.17) is 10.00 Å². The van der Waals surface area contributed by atoms with Crippen LogP contribution in [0, 0.1) is 11.3 Å². The van der Waals surface area contributed by atoms with Crippen molar-refractivity contribution in [3.63, 3.8) is 0 Å². The van der Waals surface area contributed by atoms with E-state index in [0.717, 1.165) is 26.3 Å². The van der Waals surface area contributed by atoms with Gasteiger partial charge in [-0.25, -0.2) is 14.8 Å². The van der Waals surface area contributed by atoms with Gasteiger partial charge in [-0.3, -0.25) is 0 Å². The van der Waals surface area contributed by atoms with Gasteiger partial charge in [-0.1, -0.05) is 0 Å². The molecule has 1 aliphatic rings. The van der Waals surface area contributed by atoms with E-state index in [1.165, 1.54) is 19.5 Å². The number of carbonyl (C=O) groups is 1. The highest BCUT2D eigenvalue weighted by atomic mass is 16.5. The Morgan fingerprint density at radius 1 is 1.26 bits per heavy atom. The van der Waals surface area contributed by atoms with Crippen molar-refractivity contribution in [3.8, 4) is 6.07 Å². The zero-order chi connectivity index (χ0) is 19.5. The Bertz CT molecular complexity index is 776. The molecule has 1 saturated heterocycles. The third-order valence-corrected chi connectivity index (χ3v) is 3.31. The van der Waals surface area contributed by atoms with Gasteiger partial charge < -0.3 is 25.4 Å². The predicted octanol–water partition coefficient (Wildman–Crippen LogP) is 0.316. The van der Waals surface area contributed by atoms with Crippen molar-refractivity contribution in [2.45, 2.75) is 0 Å². The van der Waals surface area contributed by atoms with Crippen molar-refractivity contribution in [2.75, 3.05) is 51.1 Å². The molecule has 0 atom stereocenters. The maximum atomic E-state index is 11.5. The molecular weight excluding hydrogens is 352 g/mol. The standard InChI is InChI=1S/C12H11N7O2.C4H9NO/c1-14-8-3-9(18-19-11(8)12(20)21-2)17-10-6-15-7(4-13)5-16-10;1-3-6-4-2-5-1/h3,5-6H,1-2H3,(H2,14,16,17,18);5H,1-4H2. The van der Waals surface area contributed by atoms with Crippen LogP contribution in [0.1, 0.15) is 16.2 Å². The lowest BCUT2D eigenvalue weighted by atomic mass is 10.3. The van der Waals surface area contributed by atoms with Gasteiger partial charge in [0, 0.05) is 26.2 Å². The van der Waals surface area contributed by atoms with Crippen molar-refractivity contribution >= 4 is 23.3 Å². The van der Waals surface area contributed by atoms with Gasteiger partial charge in [0.2, 0.25) is 0 Å². The summed E-state index contributed by atoms with van der Waals surface area (Å²) >= 11 is 0. The molecule has 0 spiro atoms. The molecule has 27 heavy (non-hydrogen) atoms. The largest absolute Gasteiger partial charge is 0.464 e. The highest BCUT2D eigenvalue weighted by Gasteiger charge is 2.15. The number of nitrogens with one attached hydrogen (secondary N) is 3. The molecule has 0 saturated carbocycles. The highest BCUT2D eigenvalue weighted by molar-refractivity contribution is 5.93. The second kappa shape index (κ2) is 10.6. The second-order valence-electron chi connectivity index (χ2n) is 5.12. The topological polar surface area (TPSA) is 147 Å². The van der Waals surface area contributed by atoms with E-state index in [9.17, 15) is 4.79 Å². The van der Waals surface area contributed by atoms with E-state index in [1.807, 2.05) is 6.07 Å². The SMILES string of the molecule is C1COCCN1.CNc1cc(Nc2cnc(C#N)cn2)nnc1C(=O)OC. The van der Waals surface area contributed by atoms with Gasteiger partial charge in [0.1, 0.15) is 11.9 Å². The van der Waals surface area contributed by atoms with Gasteiger partial charge in [-0.2, -0.15) is 5.26 Å². The Hall–Kier alpha value is -3.36. The first-order valence-electron chi connectivity index (χ1n) is 8.09. The molecule has 2 aromatic heterocycles. The Labute approximate surface area is 156 Å². The summed E-state index contributed by atoms with van der Waals surface area (Å²) in [6, 6.07) is 3.45. The summed E-state index contributed by atoms with van der Waals surface area (Å²) in [6.07, 6.45) is 2.73. The van der Waals surface area contributed by atoms with Crippen molar-refractivity contribution < 1.29 is 14.3 Å². The molecule has 11 nitrogen and oxygen atoms in total. The average molecular weight is 372 g/mol. The minimum Gasteiger partial charge on any atom is -0.464 e. The second-order valence-corrected chi connectivity index (χ2v) is 5.12. The van der Waals surface area contributed by atoms with E-state index in [0.29, 0.717) is 17.3 Å². The molecule has 1 aliphatic heterocycles. The van der Waals surface area contributed by atoms with E-state index in [2.05, 4.69) is 40.9 Å². The number of hydrogen-bond acceptors (Lipinski definition) is 11. The van der Waals surface area contributed by atoms with Crippen LogP contribution in [0.3, 0.4) is 0 Å². The van der Waals surface area contributed by atoms with E-state index in [1.54, 1.807) is 13.1 Å². The molecule has 0 aromatic carbocycles. The zero-order valence-electron chi connectivity index (χ0n) is 15.0. The van der Waals surface area contributed by atoms with Gasteiger partial charge >= 0.3 is 5.97 Å². The van der Waals surface area contributed by atoms with Crippen LogP contribution in [-0.2, 0) is 9.47 Å². The number of esters is 1. The summed E-state index contributed by atoms with van der Waals surface area (Å²) in [5.41, 5.74) is 0.751. The molecule has 3 heterocycles. The molecule has 11 heteroatoms. The quantitative estimate of drug-likeness (QED) is 0.637.